The second-order valence-corrected chi connectivity index (χ2v) is 7.50. The van der Waals surface area contributed by atoms with Crippen LogP contribution in [0.15, 0.2) is 41.8 Å². The zero-order valence-electron chi connectivity index (χ0n) is 14.7. The van der Waals surface area contributed by atoms with E-state index in [1.165, 1.54) is 23.3 Å². The van der Waals surface area contributed by atoms with Gasteiger partial charge in [0.15, 0.2) is 0 Å². The number of ether oxygens (including phenoxy) is 1. The second-order valence-electron chi connectivity index (χ2n) is 6.47. The highest BCUT2D eigenvalue weighted by Gasteiger charge is 2.20. The largest absolute Gasteiger partial charge is 0.383 e. The number of rotatable bonds is 7. The van der Waals surface area contributed by atoms with Gasteiger partial charge in [0, 0.05) is 30.6 Å². The van der Waals surface area contributed by atoms with Gasteiger partial charge in [-0.25, -0.2) is 0 Å². The predicted molar refractivity (Wildman–Crippen MR) is 102 cm³/mol. The third-order valence-electron chi connectivity index (χ3n) is 4.68. The summed E-state index contributed by atoms with van der Waals surface area (Å²) in [6.07, 6.45) is 2.38. The van der Waals surface area contributed by atoms with Crippen molar-refractivity contribution in [1.82, 2.24) is 10.2 Å². The highest BCUT2D eigenvalue weighted by molar-refractivity contribution is 7.09. The van der Waals surface area contributed by atoms with Crippen LogP contribution in [0.1, 0.15) is 39.6 Å². The van der Waals surface area contributed by atoms with Gasteiger partial charge in [-0.15, -0.1) is 11.3 Å². The van der Waals surface area contributed by atoms with Gasteiger partial charge in [0.2, 0.25) is 0 Å². The summed E-state index contributed by atoms with van der Waals surface area (Å²) in [6, 6.07) is 12.3. The van der Waals surface area contributed by atoms with Crippen molar-refractivity contribution in [2.24, 2.45) is 0 Å². The monoisotopic (exact) mass is 358 g/mol. The number of nitrogens with one attached hydrogen (secondary N) is 1. The molecule has 2 aromatic rings. The van der Waals surface area contributed by atoms with E-state index in [4.69, 9.17) is 4.74 Å². The molecule has 1 atom stereocenters. The van der Waals surface area contributed by atoms with Crippen LogP contribution in [-0.2, 0) is 11.3 Å². The molecule has 5 heteroatoms. The number of carbonyl (C=O) groups excluding carboxylic acids is 1. The minimum atomic E-state index is 0.0797. The molecule has 1 aromatic carbocycles. The van der Waals surface area contributed by atoms with E-state index in [-0.39, 0.29) is 5.91 Å². The van der Waals surface area contributed by atoms with Gasteiger partial charge in [-0.1, -0.05) is 18.2 Å². The Morgan fingerprint density at radius 2 is 2.28 bits per heavy atom. The van der Waals surface area contributed by atoms with Crippen LogP contribution < -0.4 is 5.32 Å². The Labute approximate surface area is 153 Å². The van der Waals surface area contributed by atoms with E-state index in [0.29, 0.717) is 25.6 Å². The average Bonchev–Trinajstić information content (AvgIpc) is 3.18. The number of hydrogen-bond acceptors (Lipinski definition) is 4. The van der Waals surface area contributed by atoms with Crippen LogP contribution in [0.4, 0.5) is 0 Å². The first kappa shape index (κ1) is 18.1. The molecule has 0 saturated carbocycles. The Morgan fingerprint density at radius 1 is 1.36 bits per heavy atom. The molecule has 0 spiro atoms. The topological polar surface area (TPSA) is 41.6 Å². The summed E-state index contributed by atoms with van der Waals surface area (Å²) in [5.74, 6) is 0.585. The van der Waals surface area contributed by atoms with Crippen LogP contribution in [0, 0.1) is 0 Å². The first-order chi connectivity index (χ1) is 12.3. The number of thiophene rings is 1. The fourth-order valence-corrected chi connectivity index (χ4v) is 4.01. The first-order valence-corrected chi connectivity index (χ1v) is 9.77. The minimum Gasteiger partial charge on any atom is -0.383 e. The van der Waals surface area contributed by atoms with Gasteiger partial charge in [0.1, 0.15) is 0 Å². The molecule has 1 N–H and O–H groups in total. The van der Waals surface area contributed by atoms with Crippen molar-refractivity contribution in [2.75, 3.05) is 33.4 Å². The van der Waals surface area contributed by atoms with Crippen LogP contribution in [0.5, 0.6) is 0 Å². The maximum Gasteiger partial charge on any atom is 0.254 e. The molecule has 1 aliphatic rings. The van der Waals surface area contributed by atoms with Gasteiger partial charge in [0.05, 0.1) is 13.2 Å². The summed E-state index contributed by atoms with van der Waals surface area (Å²) in [5, 5.41) is 5.50. The minimum absolute atomic E-state index is 0.0797. The maximum atomic E-state index is 13.1. The summed E-state index contributed by atoms with van der Waals surface area (Å²) in [6.45, 7) is 3.88. The zero-order valence-corrected chi connectivity index (χ0v) is 15.6. The normalized spacial score (nSPS) is 17.4. The molecule has 3 rings (SSSR count). The van der Waals surface area contributed by atoms with Gasteiger partial charge in [-0.3, -0.25) is 4.79 Å². The predicted octanol–water partition coefficient (Wildman–Crippen LogP) is 3.50. The number of nitrogens with zero attached hydrogens (tertiary/aromatic N) is 1. The lowest BCUT2D eigenvalue weighted by Gasteiger charge is -2.25. The molecule has 2 heterocycles. The first-order valence-electron chi connectivity index (χ1n) is 8.89. The van der Waals surface area contributed by atoms with E-state index < -0.39 is 0 Å². The lowest BCUT2D eigenvalue weighted by Crippen LogP contribution is -2.33. The Bertz CT molecular complexity index is 666. The fraction of sp³-hybridized carbons (Fsp3) is 0.450. The molecule has 134 valence electrons. The third-order valence-corrected chi connectivity index (χ3v) is 5.54. The van der Waals surface area contributed by atoms with Crippen LogP contribution in [-0.4, -0.2) is 44.2 Å². The van der Waals surface area contributed by atoms with E-state index in [1.807, 2.05) is 28.5 Å². The van der Waals surface area contributed by atoms with Crippen molar-refractivity contribution in [1.29, 1.82) is 0 Å². The standard InChI is InChI=1S/C20H26N2O2S/c1-24-11-10-22(15-19-8-4-12-25-19)20(23)17-6-2-5-16(13-17)18-7-3-9-21-14-18/h2,4-6,8,12-13,18,21H,3,7,9-11,14-15H2,1H3. The van der Waals surface area contributed by atoms with Crippen molar-refractivity contribution in [2.45, 2.75) is 25.3 Å². The Morgan fingerprint density at radius 3 is 3.00 bits per heavy atom. The van der Waals surface area contributed by atoms with Crippen LogP contribution in [0.3, 0.4) is 0 Å². The summed E-state index contributed by atoms with van der Waals surface area (Å²) < 4.78 is 5.20. The number of piperidine rings is 1. The lowest BCUT2D eigenvalue weighted by molar-refractivity contribution is 0.0682. The van der Waals surface area contributed by atoms with Gasteiger partial charge in [-0.05, 0) is 54.4 Å². The summed E-state index contributed by atoms with van der Waals surface area (Å²) in [7, 11) is 1.67. The molecule has 0 bridgehead atoms. The van der Waals surface area contributed by atoms with Gasteiger partial charge in [-0.2, -0.15) is 0 Å². The Kier molecular flexibility index (Phi) is 6.62. The summed E-state index contributed by atoms with van der Waals surface area (Å²) in [5.41, 5.74) is 2.04. The SMILES string of the molecule is COCCN(Cc1cccs1)C(=O)c1cccc(C2CCCNC2)c1. The fourth-order valence-electron chi connectivity index (χ4n) is 3.29. The van der Waals surface area contributed by atoms with E-state index in [9.17, 15) is 4.79 Å². The van der Waals surface area contributed by atoms with Crippen LogP contribution in [0.25, 0.3) is 0 Å². The smallest absolute Gasteiger partial charge is 0.254 e. The summed E-state index contributed by atoms with van der Waals surface area (Å²) >= 11 is 1.68. The zero-order chi connectivity index (χ0) is 17.5. The third kappa shape index (κ3) is 4.91. The molecule has 0 radical (unpaired) electrons. The van der Waals surface area contributed by atoms with Gasteiger partial charge < -0.3 is 15.0 Å². The Balaban J connectivity index is 1.75. The molecule has 1 saturated heterocycles. The van der Waals surface area contributed by atoms with E-state index in [1.54, 1.807) is 18.4 Å². The number of methoxy groups -OCH3 is 1. The number of benzene rings is 1. The molecule has 1 aromatic heterocycles. The van der Waals surface area contributed by atoms with Crippen molar-refractivity contribution >= 4 is 17.2 Å². The quantitative estimate of drug-likeness (QED) is 0.824. The molecule has 25 heavy (non-hydrogen) atoms. The van der Waals surface area contributed by atoms with E-state index >= 15 is 0 Å². The van der Waals surface area contributed by atoms with Crippen LogP contribution >= 0.6 is 11.3 Å². The Hall–Kier alpha value is -1.69. The highest BCUT2D eigenvalue weighted by Crippen LogP contribution is 2.24. The molecular formula is C20H26N2O2S. The van der Waals surface area contributed by atoms with Crippen LogP contribution in [0.2, 0.25) is 0 Å². The lowest BCUT2D eigenvalue weighted by atomic mass is 9.90. The van der Waals surface area contributed by atoms with Crippen molar-refractivity contribution in [3.63, 3.8) is 0 Å². The molecule has 1 amide bonds. The maximum absolute atomic E-state index is 13.1. The van der Waals surface area contributed by atoms with E-state index in [2.05, 4.69) is 23.5 Å². The van der Waals surface area contributed by atoms with Gasteiger partial charge in [0.25, 0.3) is 5.91 Å². The molecule has 1 unspecified atom stereocenters. The molecule has 1 fully saturated rings. The molecular weight excluding hydrogens is 332 g/mol. The van der Waals surface area contributed by atoms with E-state index in [0.717, 1.165) is 18.7 Å². The number of carbonyl (C=O) groups is 1. The average molecular weight is 359 g/mol. The molecule has 1 aliphatic heterocycles. The van der Waals surface area contributed by atoms with Gasteiger partial charge >= 0.3 is 0 Å². The molecule has 4 nitrogen and oxygen atoms in total. The van der Waals surface area contributed by atoms with Crippen molar-refractivity contribution in [3.05, 3.63) is 57.8 Å². The highest BCUT2D eigenvalue weighted by atomic mass is 32.1. The second kappa shape index (κ2) is 9.13. The number of hydrogen-bond donors (Lipinski definition) is 1. The van der Waals surface area contributed by atoms with Crippen molar-refractivity contribution < 1.29 is 9.53 Å². The molecule has 0 aliphatic carbocycles. The van der Waals surface area contributed by atoms with Crippen molar-refractivity contribution in [3.8, 4) is 0 Å². The number of amides is 1. The summed E-state index contributed by atoms with van der Waals surface area (Å²) in [4.78, 5) is 16.1.